The minimum atomic E-state index is -1.06. The van der Waals surface area contributed by atoms with Crippen LogP contribution in [-0.2, 0) is 17.9 Å². The Hall–Kier alpha value is -3.30. The highest BCUT2D eigenvalue weighted by Gasteiger charge is 2.21. The van der Waals surface area contributed by atoms with Crippen molar-refractivity contribution in [2.45, 2.75) is 77.8 Å². The number of aromatic nitrogens is 2. The minimum Gasteiger partial charge on any atom is -0.550 e. The molecule has 1 N–H and O–H groups in total. The van der Waals surface area contributed by atoms with Crippen LogP contribution in [0.1, 0.15) is 64.7 Å². The van der Waals surface area contributed by atoms with Crippen molar-refractivity contribution in [3.63, 3.8) is 0 Å². The molecule has 9 heteroatoms. The number of aliphatic carboxylic acids is 1. The molecule has 0 spiro atoms. The Balaban J connectivity index is 0.000000267. The van der Waals surface area contributed by atoms with Gasteiger partial charge in [0, 0.05) is 42.1 Å². The first kappa shape index (κ1) is 30.2. The van der Waals surface area contributed by atoms with Crippen molar-refractivity contribution in [1.29, 1.82) is 0 Å². The summed E-state index contributed by atoms with van der Waals surface area (Å²) in [4.78, 5) is 17.0. The molecule has 0 atom stereocenters. The second-order valence-corrected chi connectivity index (χ2v) is 12.7. The van der Waals surface area contributed by atoms with Crippen LogP contribution < -0.4 is 19.8 Å². The molecule has 2 aliphatic heterocycles. The average Bonchev–Trinajstić information content (AvgIpc) is 3.48. The number of thiazole rings is 2. The van der Waals surface area contributed by atoms with Crippen LogP contribution in [0.3, 0.4) is 0 Å². The molecule has 0 unspecified atom stereocenters. The standard InChI is InChI=1S/C24H25N3O2S2.C9H16N2/c1-2-3-9-15-26-19-12-7-8-13-21(19)31-24(26)25-23-27(16-14-22(28)29)20(17-30-23)18-10-5-4-6-11-18;1-2-5-9-10-6-4-8-11(9)7-3-1/h4-8,10-13,17H,2-3,9,14-16H2,1H3;1-8H2/p+1. The van der Waals surface area contributed by atoms with Crippen molar-refractivity contribution in [3.05, 3.63) is 64.8 Å². The molecule has 4 heterocycles. The van der Waals surface area contributed by atoms with E-state index in [1.54, 1.807) is 22.7 Å². The van der Waals surface area contributed by atoms with E-state index in [1.165, 1.54) is 80.6 Å². The number of benzene rings is 2. The highest BCUT2D eigenvalue weighted by atomic mass is 32.1. The van der Waals surface area contributed by atoms with Crippen molar-refractivity contribution < 1.29 is 19.0 Å². The highest BCUT2D eigenvalue weighted by Crippen LogP contribution is 2.27. The maximum Gasteiger partial charge on any atom is 0.386 e. The smallest absolute Gasteiger partial charge is 0.386 e. The largest absolute Gasteiger partial charge is 0.550 e. The van der Waals surface area contributed by atoms with Crippen LogP contribution in [-0.4, -0.2) is 40.6 Å². The molecule has 2 aromatic carbocycles. The lowest BCUT2D eigenvalue weighted by Gasteiger charge is -2.14. The maximum absolute atomic E-state index is 11.2. The van der Waals surface area contributed by atoms with Gasteiger partial charge in [0.05, 0.1) is 36.6 Å². The van der Waals surface area contributed by atoms with E-state index in [4.69, 9.17) is 4.99 Å². The van der Waals surface area contributed by atoms with E-state index in [0.717, 1.165) is 34.2 Å². The molecule has 2 aromatic heterocycles. The van der Waals surface area contributed by atoms with Gasteiger partial charge in [-0.05, 0) is 61.1 Å². The van der Waals surface area contributed by atoms with Gasteiger partial charge in [-0.3, -0.25) is 14.5 Å². The number of fused-ring (bicyclic) bond motifs is 1. The predicted octanol–water partition coefficient (Wildman–Crippen LogP) is 5.25. The van der Waals surface area contributed by atoms with Gasteiger partial charge in [-0.15, -0.1) is 0 Å². The highest BCUT2D eigenvalue weighted by molar-refractivity contribution is 7.21. The van der Waals surface area contributed by atoms with Crippen molar-refractivity contribution in [2.24, 2.45) is 4.99 Å². The fourth-order valence-corrected chi connectivity index (χ4v) is 7.67. The third-order valence-electron chi connectivity index (χ3n) is 7.83. The van der Waals surface area contributed by atoms with Gasteiger partial charge in [0.1, 0.15) is 5.52 Å². The van der Waals surface area contributed by atoms with Crippen LogP contribution in [0.5, 0.6) is 0 Å². The second kappa shape index (κ2) is 15.3. The normalized spacial score (nSPS) is 15.5. The van der Waals surface area contributed by atoms with Gasteiger partial charge in [-0.25, -0.2) is 4.57 Å². The number of unbranched alkanes of at least 4 members (excludes halogenated alkanes) is 2. The lowest BCUT2D eigenvalue weighted by molar-refractivity contribution is -0.655. The first-order valence-electron chi connectivity index (χ1n) is 15.4. The number of amidine groups is 1. The predicted molar refractivity (Wildman–Crippen MR) is 170 cm³/mol. The lowest BCUT2D eigenvalue weighted by Crippen LogP contribution is -2.40. The zero-order valence-corrected chi connectivity index (χ0v) is 26.2. The van der Waals surface area contributed by atoms with Crippen LogP contribution in [0.2, 0.25) is 0 Å². The minimum absolute atomic E-state index is 0.0489. The van der Waals surface area contributed by atoms with Crippen molar-refractivity contribution in [1.82, 2.24) is 9.88 Å². The summed E-state index contributed by atoms with van der Waals surface area (Å²) in [7, 11) is 0. The molecule has 0 aliphatic carbocycles. The zero-order chi connectivity index (χ0) is 29.1. The Bertz CT molecular complexity index is 1550. The Labute approximate surface area is 256 Å². The van der Waals surface area contributed by atoms with Crippen molar-refractivity contribution in [2.75, 3.05) is 19.6 Å². The van der Waals surface area contributed by atoms with Crippen LogP contribution >= 0.6 is 22.7 Å². The summed E-state index contributed by atoms with van der Waals surface area (Å²) in [6.45, 7) is 7.25. The summed E-state index contributed by atoms with van der Waals surface area (Å²) < 4.78 is 8.03. The monoisotopic (exact) mass is 604 g/mol. The molecular weight excluding hydrogens is 563 g/mol. The molecule has 4 aromatic rings. The second-order valence-electron chi connectivity index (χ2n) is 10.9. The lowest BCUT2D eigenvalue weighted by atomic mass is 10.2. The summed E-state index contributed by atoms with van der Waals surface area (Å²) >= 11 is 3.22. The number of para-hydroxylation sites is 1. The quantitative estimate of drug-likeness (QED) is 0.210. The van der Waals surface area contributed by atoms with Gasteiger partial charge in [0.15, 0.2) is 0 Å². The molecule has 0 saturated heterocycles. The molecule has 2 aliphatic rings. The third kappa shape index (κ3) is 7.75. The molecule has 0 fully saturated rings. The van der Waals surface area contributed by atoms with E-state index in [1.807, 2.05) is 34.9 Å². The SMILES string of the molecule is C1CCC2=[N+](CC1)CCCN2.CCCCC[n+]1c(N=c2scc(-c3ccccc3)n2CCC(=O)[O-])sc2ccccc21. The Morgan fingerprint density at radius 1 is 1.02 bits per heavy atom. The van der Waals surface area contributed by atoms with Crippen molar-refractivity contribution >= 4 is 49.8 Å². The van der Waals surface area contributed by atoms with Crippen LogP contribution in [0.15, 0.2) is 65.0 Å². The topological polar surface area (TPSA) is 76.3 Å². The van der Waals surface area contributed by atoms with Gasteiger partial charge < -0.3 is 9.90 Å². The Morgan fingerprint density at radius 3 is 2.67 bits per heavy atom. The average molecular weight is 605 g/mol. The molecule has 222 valence electrons. The number of carbonyl (C=O) groups is 1. The molecule has 42 heavy (non-hydrogen) atoms. The summed E-state index contributed by atoms with van der Waals surface area (Å²) in [5, 5.41) is 17.7. The number of nitrogens with zero attached hydrogens (tertiary/aromatic N) is 4. The van der Waals surface area contributed by atoms with E-state index in [0.29, 0.717) is 6.54 Å². The van der Waals surface area contributed by atoms with Crippen LogP contribution in [0.25, 0.3) is 21.5 Å². The summed E-state index contributed by atoms with van der Waals surface area (Å²) in [5.74, 6) is 0.467. The van der Waals surface area contributed by atoms with Gasteiger partial charge in [-0.2, -0.15) is 0 Å². The zero-order valence-electron chi connectivity index (χ0n) is 24.6. The fraction of sp³-hybridized carbons (Fsp3) is 0.455. The van der Waals surface area contributed by atoms with Gasteiger partial charge in [-0.1, -0.05) is 67.1 Å². The van der Waals surface area contributed by atoms with E-state index >= 15 is 0 Å². The Kier molecular flexibility index (Phi) is 11.0. The van der Waals surface area contributed by atoms with Crippen molar-refractivity contribution in [3.8, 4) is 11.3 Å². The summed E-state index contributed by atoms with van der Waals surface area (Å²) in [6, 6.07) is 18.4. The van der Waals surface area contributed by atoms with E-state index in [9.17, 15) is 9.90 Å². The summed E-state index contributed by atoms with van der Waals surface area (Å²) in [5.41, 5.74) is 3.22. The first-order chi connectivity index (χ1) is 20.6. The molecule has 0 bridgehead atoms. The van der Waals surface area contributed by atoms with Gasteiger partial charge in [0.25, 0.3) is 0 Å². The molecule has 0 radical (unpaired) electrons. The van der Waals surface area contributed by atoms with Gasteiger partial charge >= 0.3 is 9.93 Å². The Morgan fingerprint density at radius 2 is 1.83 bits per heavy atom. The third-order valence-corrected chi connectivity index (χ3v) is 9.75. The first-order valence-corrected chi connectivity index (χ1v) is 17.1. The number of carbonyl (C=O) groups excluding carboxylic acids is 1. The van der Waals surface area contributed by atoms with E-state index in [2.05, 4.69) is 51.0 Å². The maximum atomic E-state index is 11.2. The molecular formula is C33H42N5O2S2+. The molecule has 6 rings (SSSR count). The fourth-order valence-electron chi connectivity index (χ4n) is 5.62. The molecule has 0 amide bonds. The number of hydrogen-bond donors (Lipinski definition) is 1. The van der Waals surface area contributed by atoms with E-state index in [-0.39, 0.29) is 6.42 Å². The number of aryl methyl sites for hydroxylation is 1. The number of carboxylic acid groups (broad SMARTS) is 1. The van der Waals surface area contributed by atoms with Crippen LogP contribution in [0, 0.1) is 0 Å². The van der Waals surface area contributed by atoms with E-state index < -0.39 is 5.97 Å². The summed E-state index contributed by atoms with van der Waals surface area (Å²) in [6.07, 6.45) is 10.2. The number of rotatable bonds is 9. The number of carboxylic acids is 1. The molecule has 0 saturated carbocycles. The van der Waals surface area contributed by atoms with Gasteiger partial charge in [0.2, 0.25) is 5.84 Å². The number of nitrogens with one attached hydrogen (secondary N) is 1. The van der Waals surface area contributed by atoms with Crippen LogP contribution in [0.4, 0.5) is 5.13 Å². The number of hydrogen-bond acceptors (Lipinski definition) is 6. The molecule has 7 nitrogen and oxygen atoms in total.